The first kappa shape index (κ1) is 46.5. The lowest BCUT2D eigenvalue weighted by Gasteiger charge is -2.29. The quantitative estimate of drug-likeness (QED) is 0.0587. The van der Waals surface area contributed by atoms with Crippen LogP contribution >= 0.6 is 23.6 Å². The van der Waals surface area contributed by atoms with Gasteiger partial charge in [0, 0.05) is 17.4 Å². The molecule has 1 amide bonds. The van der Waals surface area contributed by atoms with E-state index >= 15 is 0 Å². The minimum absolute atomic E-state index is 0.0683. The van der Waals surface area contributed by atoms with Gasteiger partial charge in [0.15, 0.2) is 3.95 Å². The van der Waals surface area contributed by atoms with Gasteiger partial charge in [0.2, 0.25) is 5.91 Å². The maximum absolute atomic E-state index is 13.9. The maximum atomic E-state index is 13.9. The molecule has 0 radical (unpaired) electrons. The van der Waals surface area contributed by atoms with Gasteiger partial charge in [-0.25, -0.2) is 9.69 Å². The smallest absolute Gasteiger partial charge is 0.241 e. The second-order valence-electron chi connectivity index (χ2n) is 14.7. The van der Waals surface area contributed by atoms with E-state index in [2.05, 4.69) is 19.1 Å². The van der Waals surface area contributed by atoms with E-state index in [4.69, 9.17) is 31.2 Å². The Hall–Kier alpha value is -1.66. The number of benzene rings is 1. The molecule has 10 heteroatoms. The highest BCUT2D eigenvalue weighted by Crippen LogP contribution is 2.25. The van der Waals surface area contributed by atoms with E-state index in [0.29, 0.717) is 36.7 Å². The van der Waals surface area contributed by atoms with Crippen LogP contribution in [0.4, 0.5) is 0 Å². The highest BCUT2D eigenvalue weighted by atomic mass is 32.1. The van der Waals surface area contributed by atoms with Crippen LogP contribution in [0.3, 0.4) is 0 Å². The number of aromatic nitrogens is 1. The zero-order valence-electron chi connectivity index (χ0n) is 33.4. The summed E-state index contributed by atoms with van der Waals surface area (Å²) < 4.78 is 26.2. The van der Waals surface area contributed by atoms with Crippen molar-refractivity contribution in [2.75, 3.05) is 38.0 Å². The molecule has 0 saturated heterocycles. The Morgan fingerprint density at radius 1 is 0.692 bits per heavy atom. The van der Waals surface area contributed by atoms with Crippen molar-refractivity contribution in [2.45, 2.75) is 175 Å². The number of carbonyl (C=O) groups excluding carboxylic acids is 1. The second-order valence-corrected chi connectivity index (χ2v) is 16.2. The van der Waals surface area contributed by atoms with Crippen molar-refractivity contribution in [3.63, 3.8) is 0 Å². The Morgan fingerprint density at radius 3 is 1.62 bits per heavy atom. The first-order valence-corrected chi connectivity index (χ1v) is 21.6. The minimum atomic E-state index is -0.497. The van der Waals surface area contributed by atoms with Gasteiger partial charge in [-0.05, 0) is 53.3 Å². The monoisotopic (exact) mass is 764 g/mol. The van der Waals surface area contributed by atoms with Crippen LogP contribution in [0.2, 0.25) is 0 Å². The van der Waals surface area contributed by atoms with Gasteiger partial charge in [-0.2, -0.15) is 0 Å². The van der Waals surface area contributed by atoms with Gasteiger partial charge in [0.05, 0.1) is 69.2 Å². The highest BCUT2D eigenvalue weighted by Gasteiger charge is 2.23. The van der Waals surface area contributed by atoms with E-state index in [-0.39, 0.29) is 36.9 Å². The number of carbonyl (C=O) groups is 1. The number of aliphatic hydroxyl groups is 1. The van der Waals surface area contributed by atoms with Crippen molar-refractivity contribution in [1.29, 1.82) is 0 Å². The summed E-state index contributed by atoms with van der Waals surface area (Å²) >= 11 is 7.27. The first-order chi connectivity index (χ1) is 25.1. The highest BCUT2D eigenvalue weighted by molar-refractivity contribution is 7.73. The first-order valence-electron chi connectivity index (χ1n) is 20.3. The van der Waals surface area contributed by atoms with E-state index in [1.54, 1.807) is 11.9 Å². The molecule has 8 nitrogen and oxygen atoms in total. The van der Waals surface area contributed by atoms with Gasteiger partial charge in [0.25, 0.3) is 0 Å². The molecule has 0 aliphatic heterocycles. The Balaban J connectivity index is 1.82. The largest absolute Gasteiger partial charge is 0.391 e. The average Bonchev–Trinajstić information content (AvgIpc) is 3.52. The zero-order chi connectivity index (χ0) is 38.0. The Labute approximate surface area is 325 Å². The fourth-order valence-electron chi connectivity index (χ4n) is 6.05. The van der Waals surface area contributed by atoms with Gasteiger partial charge < -0.3 is 24.1 Å². The molecule has 1 heterocycles. The summed E-state index contributed by atoms with van der Waals surface area (Å²) in [6, 6.07) is 10.1. The van der Waals surface area contributed by atoms with Crippen LogP contribution in [-0.4, -0.2) is 79.2 Å². The molecule has 0 aliphatic carbocycles. The summed E-state index contributed by atoms with van der Waals surface area (Å²) in [4.78, 5) is 13.9. The van der Waals surface area contributed by atoms with Crippen LogP contribution < -0.4 is 5.01 Å². The summed E-state index contributed by atoms with van der Waals surface area (Å²) in [7, 11) is 0. The van der Waals surface area contributed by atoms with Crippen LogP contribution in [0.25, 0.3) is 11.3 Å². The molecule has 0 spiro atoms. The number of aliphatic hydroxyl groups excluding tert-OH is 1. The molecule has 0 fully saturated rings. The van der Waals surface area contributed by atoms with Crippen molar-refractivity contribution < 1.29 is 28.8 Å². The normalized spacial score (nSPS) is 14.6. The van der Waals surface area contributed by atoms with Crippen molar-refractivity contribution in [3.05, 3.63) is 39.7 Å². The Morgan fingerprint density at radius 2 is 1.13 bits per heavy atom. The molecule has 5 atom stereocenters. The van der Waals surface area contributed by atoms with Crippen LogP contribution in [0.1, 0.15) is 144 Å². The number of ether oxygens (including phenoxy) is 4. The van der Waals surface area contributed by atoms with Crippen molar-refractivity contribution in [3.8, 4) is 11.3 Å². The number of rotatable bonds is 32. The van der Waals surface area contributed by atoms with Crippen LogP contribution in [0.15, 0.2) is 35.7 Å². The number of amides is 1. The number of hydrogen-bond donors (Lipinski definition) is 1. The fourth-order valence-corrected chi connectivity index (χ4v) is 7.13. The molecular weight excluding hydrogens is 693 g/mol. The molecule has 52 heavy (non-hydrogen) atoms. The summed E-state index contributed by atoms with van der Waals surface area (Å²) in [6.45, 7) is 13.8. The summed E-state index contributed by atoms with van der Waals surface area (Å²) in [5.74, 6) is 0.0683. The third-order valence-corrected chi connectivity index (χ3v) is 10.3. The van der Waals surface area contributed by atoms with Gasteiger partial charge >= 0.3 is 0 Å². The molecule has 1 aromatic carbocycles. The summed E-state index contributed by atoms with van der Waals surface area (Å²) in [5, 5.41) is 13.2. The van der Waals surface area contributed by atoms with Crippen LogP contribution in [-0.2, 0) is 23.7 Å². The molecule has 298 valence electrons. The van der Waals surface area contributed by atoms with E-state index in [1.807, 2.05) is 56.0 Å². The van der Waals surface area contributed by atoms with Gasteiger partial charge in [-0.3, -0.25) is 4.79 Å². The minimum Gasteiger partial charge on any atom is -0.391 e. The van der Waals surface area contributed by atoms with Gasteiger partial charge in [-0.1, -0.05) is 127 Å². The average molecular weight is 765 g/mol. The van der Waals surface area contributed by atoms with Crippen molar-refractivity contribution >= 4 is 29.5 Å². The summed E-state index contributed by atoms with van der Waals surface area (Å²) in [6.07, 6.45) is 18.8. The van der Waals surface area contributed by atoms with Crippen LogP contribution in [0, 0.1) is 3.95 Å². The lowest BCUT2D eigenvalue weighted by molar-refractivity contribution is -0.121. The Kier molecular flexibility index (Phi) is 25.7. The van der Waals surface area contributed by atoms with Crippen LogP contribution in [0.5, 0.6) is 0 Å². The third-order valence-electron chi connectivity index (χ3n) is 9.16. The van der Waals surface area contributed by atoms with E-state index in [1.165, 1.54) is 94.8 Å². The number of unbranched alkanes of at least 4 members (excludes halogenated alkanes) is 14. The maximum Gasteiger partial charge on any atom is 0.241 e. The molecule has 0 saturated carbocycles. The molecule has 0 aliphatic rings. The SMILES string of the molecule is CCCCCCCCCCCCCCCCCC(=O)N(CC(C)OCC(C)OCC(C)OCC(C)OCC(C)O)n1c(-c2ccccc2)csc1=S. The number of thiazole rings is 1. The van der Waals surface area contributed by atoms with E-state index < -0.39 is 6.10 Å². The molecular formula is C42H72N2O6S2. The molecule has 1 aromatic heterocycles. The van der Waals surface area contributed by atoms with Crippen molar-refractivity contribution in [2.24, 2.45) is 0 Å². The lowest BCUT2D eigenvalue weighted by atomic mass is 10.0. The van der Waals surface area contributed by atoms with Gasteiger partial charge in [-0.15, -0.1) is 11.3 Å². The lowest BCUT2D eigenvalue weighted by Crippen LogP contribution is -2.46. The standard InChI is InChI=1S/C42H72N2O6S2/c1-7-8-9-10-11-12-13-14-15-16-17-18-19-20-24-27-41(46)43(44-40(33-52-42(44)51)39-25-22-21-23-26-39)28-35(3)48-30-37(5)50-32-38(6)49-31-36(4)47-29-34(2)45/h21-23,25-26,33-38,45H,7-20,24,27-32H2,1-6H3. The summed E-state index contributed by atoms with van der Waals surface area (Å²) in [5.41, 5.74) is 1.94. The Bertz CT molecular complexity index is 1220. The molecule has 2 rings (SSSR count). The van der Waals surface area contributed by atoms with E-state index in [9.17, 15) is 9.90 Å². The molecule has 1 N–H and O–H groups in total. The fraction of sp³-hybridized carbons (Fsp3) is 0.762. The molecule has 0 bridgehead atoms. The third kappa shape index (κ3) is 20.7. The molecule has 2 aromatic rings. The molecule has 5 unspecified atom stereocenters. The van der Waals surface area contributed by atoms with Gasteiger partial charge in [0.1, 0.15) is 0 Å². The number of nitrogens with zero attached hydrogens (tertiary/aromatic N) is 2. The zero-order valence-corrected chi connectivity index (χ0v) is 35.0. The van der Waals surface area contributed by atoms with Crippen molar-refractivity contribution in [1.82, 2.24) is 4.68 Å². The second kappa shape index (κ2) is 28.7. The predicted octanol–water partition coefficient (Wildman–Crippen LogP) is 10.7. The van der Waals surface area contributed by atoms with E-state index in [0.717, 1.165) is 24.1 Å². The topological polar surface area (TPSA) is 82.4 Å². The number of hydrogen-bond acceptors (Lipinski definition) is 8. The predicted molar refractivity (Wildman–Crippen MR) is 220 cm³/mol.